The third-order valence-electron chi connectivity index (χ3n) is 3.72. The van der Waals surface area contributed by atoms with E-state index >= 15 is 0 Å². The van der Waals surface area contributed by atoms with E-state index in [9.17, 15) is 0 Å². The van der Waals surface area contributed by atoms with E-state index < -0.39 is 0 Å². The zero-order valence-electron chi connectivity index (χ0n) is 10.0. The Kier molecular flexibility index (Phi) is 2.25. The fourth-order valence-electron chi connectivity index (χ4n) is 2.94. The zero-order valence-corrected chi connectivity index (χ0v) is 10.0. The van der Waals surface area contributed by atoms with Gasteiger partial charge in [0.25, 0.3) is 0 Å². The van der Waals surface area contributed by atoms with Gasteiger partial charge >= 0.3 is 0 Å². The Morgan fingerprint density at radius 1 is 1.31 bits per heavy atom. The molecule has 0 bridgehead atoms. The van der Waals surface area contributed by atoms with Gasteiger partial charge in [-0.2, -0.15) is 0 Å². The minimum Gasteiger partial charge on any atom is -0.346 e. The molecule has 0 amide bonds. The second-order valence-corrected chi connectivity index (χ2v) is 4.74. The maximum atomic E-state index is 3.50. The van der Waals surface area contributed by atoms with E-state index in [0.29, 0.717) is 0 Å². The van der Waals surface area contributed by atoms with Gasteiger partial charge in [0.05, 0.1) is 5.52 Å². The van der Waals surface area contributed by atoms with Crippen molar-refractivity contribution in [2.75, 3.05) is 6.54 Å². The summed E-state index contributed by atoms with van der Waals surface area (Å²) < 4.78 is 2.37. The summed E-state index contributed by atoms with van der Waals surface area (Å²) in [5.41, 5.74) is 5.83. The van der Waals surface area contributed by atoms with Crippen molar-refractivity contribution in [1.29, 1.82) is 0 Å². The summed E-state index contributed by atoms with van der Waals surface area (Å²) in [6, 6.07) is 6.65. The molecule has 1 aromatic heterocycles. The molecule has 0 aliphatic carbocycles. The van der Waals surface area contributed by atoms with E-state index in [0.717, 1.165) is 13.1 Å². The minimum atomic E-state index is 1.01. The molecule has 0 saturated heterocycles. The van der Waals surface area contributed by atoms with Crippen molar-refractivity contribution >= 4 is 10.9 Å². The van der Waals surface area contributed by atoms with Gasteiger partial charge in [0, 0.05) is 24.7 Å². The Balaban J connectivity index is 2.36. The summed E-state index contributed by atoms with van der Waals surface area (Å²) in [5, 5.41) is 4.96. The number of hydrogen-bond acceptors (Lipinski definition) is 1. The standard InChI is InChI=1S/C14H18N2/c1-10-5-3-6-12-11-7-4-8-15-9-13(11)16(2)14(10)12/h3,5-6,15H,4,7-9H2,1-2H3. The van der Waals surface area contributed by atoms with Crippen molar-refractivity contribution < 1.29 is 0 Å². The van der Waals surface area contributed by atoms with Gasteiger partial charge in [-0.25, -0.2) is 0 Å². The van der Waals surface area contributed by atoms with Gasteiger partial charge in [0.2, 0.25) is 0 Å². The maximum absolute atomic E-state index is 3.50. The smallest absolute Gasteiger partial charge is 0.0512 e. The molecule has 0 fully saturated rings. The highest BCUT2D eigenvalue weighted by Crippen LogP contribution is 2.29. The first-order valence-corrected chi connectivity index (χ1v) is 6.05. The molecule has 1 aliphatic rings. The van der Waals surface area contributed by atoms with Gasteiger partial charge in [-0.05, 0) is 37.4 Å². The number of aromatic nitrogens is 1. The van der Waals surface area contributed by atoms with Crippen LogP contribution in [0.5, 0.6) is 0 Å². The van der Waals surface area contributed by atoms with E-state index in [-0.39, 0.29) is 0 Å². The first kappa shape index (κ1) is 9.91. The molecule has 84 valence electrons. The number of para-hydroxylation sites is 1. The normalized spacial score (nSPS) is 16.1. The number of fused-ring (bicyclic) bond motifs is 3. The van der Waals surface area contributed by atoms with Crippen molar-refractivity contribution in [2.24, 2.45) is 7.05 Å². The number of rotatable bonds is 0. The van der Waals surface area contributed by atoms with Crippen LogP contribution in [0.4, 0.5) is 0 Å². The Bertz CT molecular complexity index is 537. The molecule has 1 aliphatic heterocycles. The van der Waals surface area contributed by atoms with Crippen LogP contribution in [0, 0.1) is 6.92 Å². The lowest BCUT2D eigenvalue weighted by atomic mass is 10.0. The Morgan fingerprint density at radius 3 is 3.06 bits per heavy atom. The predicted octanol–water partition coefficient (Wildman–Crippen LogP) is 2.52. The molecule has 0 saturated carbocycles. The molecule has 1 aromatic carbocycles. The molecule has 16 heavy (non-hydrogen) atoms. The lowest BCUT2D eigenvalue weighted by Gasteiger charge is -2.05. The average molecular weight is 214 g/mol. The largest absolute Gasteiger partial charge is 0.346 e. The van der Waals surface area contributed by atoms with Crippen LogP contribution in [-0.2, 0) is 20.0 Å². The summed E-state index contributed by atoms with van der Waals surface area (Å²) >= 11 is 0. The Hall–Kier alpha value is -1.28. The number of nitrogens with one attached hydrogen (secondary N) is 1. The number of aryl methyl sites for hydroxylation is 3. The van der Waals surface area contributed by atoms with Crippen LogP contribution < -0.4 is 5.32 Å². The minimum absolute atomic E-state index is 1.01. The third kappa shape index (κ3) is 1.30. The van der Waals surface area contributed by atoms with Gasteiger partial charge in [0.1, 0.15) is 0 Å². The maximum Gasteiger partial charge on any atom is 0.0512 e. The second-order valence-electron chi connectivity index (χ2n) is 4.74. The second kappa shape index (κ2) is 3.63. The highest BCUT2D eigenvalue weighted by atomic mass is 15.0. The summed E-state index contributed by atoms with van der Waals surface area (Å²) in [5.74, 6) is 0. The van der Waals surface area contributed by atoms with Crippen molar-refractivity contribution in [2.45, 2.75) is 26.3 Å². The van der Waals surface area contributed by atoms with Gasteiger partial charge in [-0.1, -0.05) is 18.2 Å². The first-order valence-electron chi connectivity index (χ1n) is 6.05. The number of hydrogen-bond donors (Lipinski definition) is 1. The first-order chi connectivity index (χ1) is 7.79. The van der Waals surface area contributed by atoms with Crippen LogP contribution in [0.2, 0.25) is 0 Å². The van der Waals surface area contributed by atoms with Crippen LogP contribution in [0.1, 0.15) is 23.2 Å². The molecular formula is C14H18N2. The molecule has 0 radical (unpaired) electrons. The Morgan fingerprint density at radius 2 is 2.19 bits per heavy atom. The monoisotopic (exact) mass is 214 g/mol. The molecule has 0 spiro atoms. The summed E-state index contributed by atoms with van der Waals surface area (Å²) in [4.78, 5) is 0. The average Bonchev–Trinajstić information content (AvgIpc) is 2.47. The van der Waals surface area contributed by atoms with Crippen molar-refractivity contribution in [1.82, 2.24) is 9.88 Å². The van der Waals surface area contributed by atoms with Crippen molar-refractivity contribution in [3.63, 3.8) is 0 Å². The van der Waals surface area contributed by atoms with Crippen LogP contribution in [0.15, 0.2) is 18.2 Å². The molecule has 2 aromatic rings. The molecule has 1 N–H and O–H groups in total. The van der Waals surface area contributed by atoms with Crippen molar-refractivity contribution in [3.8, 4) is 0 Å². The molecule has 0 atom stereocenters. The van der Waals surface area contributed by atoms with E-state index in [1.54, 1.807) is 5.56 Å². The SMILES string of the molecule is Cc1cccc2c3c(n(C)c12)CNCCC3. The zero-order chi connectivity index (χ0) is 11.1. The van der Waals surface area contributed by atoms with E-state index in [4.69, 9.17) is 0 Å². The van der Waals surface area contributed by atoms with Gasteiger partial charge in [-0.3, -0.25) is 0 Å². The lowest BCUT2D eigenvalue weighted by molar-refractivity contribution is 0.660. The van der Waals surface area contributed by atoms with Gasteiger partial charge < -0.3 is 9.88 Å². The molecular weight excluding hydrogens is 196 g/mol. The highest BCUT2D eigenvalue weighted by Gasteiger charge is 2.17. The third-order valence-corrected chi connectivity index (χ3v) is 3.72. The van der Waals surface area contributed by atoms with Crippen LogP contribution >= 0.6 is 0 Å². The van der Waals surface area contributed by atoms with Crippen LogP contribution in [-0.4, -0.2) is 11.1 Å². The Labute approximate surface area is 96.3 Å². The number of nitrogens with zero attached hydrogens (tertiary/aromatic N) is 1. The number of benzene rings is 1. The summed E-state index contributed by atoms with van der Waals surface area (Å²) in [7, 11) is 2.20. The van der Waals surface area contributed by atoms with Gasteiger partial charge in [-0.15, -0.1) is 0 Å². The van der Waals surface area contributed by atoms with Crippen LogP contribution in [0.3, 0.4) is 0 Å². The van der Waals surface area contributed by atoms with E-state index in [2.05, 4.69) is 42.1 Å². The van der Waals surface area contributed by atoms with Gasteiger partial charge in [0.15, 0.2) is 0 Å². The van der Waals surface area contributed by atoms with Crippen LogP contribution in [0.25, 0.3) is 10.9 Å². The molecule has 3 rings (SSSR count). The molecule has 2 nitrogen and oxygen atoms in total. The lowest BCUT2D eigenvalue weighted by Crippen LogP contribution is -2.14. The predicted molar refractivity (Wildman–Crippen MR) is 67.7 cm³/mol. The summed E-state index contributed by atoms with van der Waals surface area (Å²) in [6.45, 7) is 4.36. The van der Waals surface area contributed by atoms with E-state index in [1.165, 1.54) is 35.0 Å². The fourth-order valence-corrected chi connectivity index (χ4v) is 2.94. The van der Waals surface area contributed by atoms with Crippen molar-refractivity contribution in [3.05, 3.63) is 35.0 Å². The molecule has 2 heteroatoms. The summed E-state index contributed by atoms with van der Waals surface area (Å²) in [6.07, 6.45) is 2.46. The molecule has 0 unspecified atom stereocenters. The quantitative estimate of drug-likeness (QED) is 0.713. The fraction of sp³-hybridized carbons (Fsp3) is 0.429. The van der Waals surface area contributed by atoms with E-state index in [1.807, 2.05) is 0 Å². The topological polar surface area (TPSA) is 17.0 Å². The molecule has 2 heterocycles. The highest BCUT2D eigenvalue weighted by molar-refractivity contribution is 5.88.